The SMILES string of the molecule is CN(C[C@@H]1CN(c2ccc3c(c2)NC(=O)CS3)C(=O)O1)C(=O)OC(C)(C)C. The van der Waals surface area contributed by atoms with E-state index in [-0.39, 0.29) is 12.5 Å². The van der Waals surface area contributed by atoms with Gasteiger partial charge in [-0.15, -0.1) is 11.8 Å². The maximum atomic E-state index is 12.3. The maximum Gasteiger partial charge on any atom is 0.414 e. The molecule has 1 aromatic rings. The van der Waals surface area contributed by atoms with Crippen molar-refractivity contribution in [3.63, 3.8) is 0 Å². The zero-order chi connectivity index (χ0) is 19.8. The van der Waals surface area contributed by atoms with Crippen molar-refractivity contribution in [3.05, 3.63) is 18.2 Å². The number of thioether (sulfide) groups is 1. The number of rotatable bonds is 3. The van der Waals surface area contributed by atoms with Crippen LogP contribution in [-0.4, -0.2) is 60.6 Å². The van der Waals surface area contributed by atoms with Crippen LogP contribution >= 0.6 is 11.8 Å². The average Bonchev–Trinajstić information content (AvgIpc) is 2.92. The van der Waals surface area contributed by atoms with Crippen LogP contribution in [0.5, 0.6) is 0 Å². The minimum absolute atomic E-state index is 0.0643. The van der Waals surface area contributed by atoms with Gasteiger partial charge in [0.25, 0.3) is 0 Å². The van der Waals surface area contributed by atoms with Crippen LogP contribution in [0.2, 0.25) is 0 Å². The number of amides is 3. The van der Waals surface area contributed by atoms with Gasteiger partial charge in [0.05, 0.1) is 24.5 Å². The molecule has 1 atom stereocenters. The average molecular weight is 393 g/mol. The van der Waals surface area contributed by atoms with E-state index in [1.54, 1.807) is 33.9 Å². The molecule has 1 aromatic carbocycles. The second kappa shape index (κ2) is 7.30. The molecule has 2 aliphatic rings. The molecule has 0 unspecified atom stereocenters. The van der Waals surface area contributed by atoms with Gasteiger partial charge in [-0.25, -0.2) is 9.59 Å². The van der Waals surface area contributed by atoms with Gasteiger partial charge < -0.3 is 19.7 Å². The first-order valence-electron chi connectivity index (χ1n) is 8.61. The topological polar surface area (TPSA) is 88.2 Å². The van der Waals surface area contributed by atoms with Crippen LogP contribution in [0.15, 0.2) is 23.1 Å². The number of nitrogens with one attached hydrogen (secondary N) is 1. The Balaban J connectivity index is 1.65. The van der Waals surface area contributed by atoms with Crippen LogP contribution in [0, 0.1) is 0 Å². The van der Waals surface area contributed by atoms with E-state index in [9.17, 15) is 14.4 Å². The fourth-order valence-corrected chi connectivity index (χ4v) is 3.57. The number of carbonyl (C=O) groups is 3. The van der Waals surface area contributed by atoms with Crippen molar-refractivity contribution < 1.29 is 23.9 Å². The molecule has 8 nitrogen and oxygen atoms in total. The molecule has 27 heavy (non-hydrogen) atoms. The molecule has 1 fully saturated rings. The van der Waals surface area contributed by atoms with E-state index in [4.69, 9.17) is 9.47 Å². The zero-order valence-corrected chi connectivity index (χ0v) is 16.6. The highest BCUT2D eigenvalue weighted by Crippen LogP contribution is 2.35. The van der Waals surface area contributed by atoms with Gasteiger partial charge in [0, 0.05) is 17.6 Å². The molecule has 0 aromatic heterocycles. The number of nitrogens with zero attached hydrogens (tertiary/aromatic N) is 2. The Morgan fingerprint density at radius 1 is 1.41 bits per heavy atom. The molecule has 0 saturated carbocycles. The Morgan fingerprint density at radius 3 is 2.85 bits per heavy atom. The van der Waals surface area contributed by atoms with Crippen LogP contribution in [0.3, 0.4) is 0 Å². The summed E-state index contributed by atoms with van der Waals surface area (Å²) in [5.41, 5.74) is 0.745. The number of anilines is 2. The van der Waals surface area contributed by atoms with E-state index in [2.05, 4.69) is 5.32 Å². The van der Waals surface area contributed by atoms with Gasteiger partial charge in [-0.05, 0) is 39.0 Å². The number of benzene rings is 1. The zero-order valence-electron chi connectivity index (χ0n) is 15.8. The first-order valence-corrected chi connectivity index (χ1v) is 9.60. The maximum absolute atomic E-state index is 12.3. The van der Waals surface area contributed by atoms with E-state index in [1.807, 2.05) is 12.1 Å². The molecule has 146 valence electrons. The van der Waals surface area contributed by atoms with Crippen LogP contribution in [0.4, 0.5) is 21.0 Å². The number of carbonyl (C=O) groups excluding carboxylic acids is 3. The summed E-state index contributed by atoms with van der Waals surface area (Å²) in [6, 6.07) is 5.47. The largest absolute Gasteiger partial charge is 0.444 e. The van der Waals surface area contributed by atoms with Crippen molar-refractivity contribution in [2.45, 2.75) is 37.4 Å². The fourth-order valence-electron chi connectivity index (χ4n) is 2.79. The molecule has 9 heteroatoms. The Hall–Kier alpha value is -2.42. The number of hydrogen-bond donors (Lipinski definition) is 1. The molecule has 0 radical (unpaired) electrons. The van der Waals surface area contributed by atoms with Crippen molar-refractivity contribution in [2.24, 2.45) is 0 Å². The van der Waals surface area contributed by atoms with Crippen molar-refractivity contribution in [2.75, 3.05) is 36.1 Å². The predicted octanol–water partition coefficient (Wildman–Crippen LogP) is 2.92. The third-order valence-corrected chi connectivity index (χ3v) is 5.04. The van der Waals surface area contributed by atoms with Crippen LogP contribution in [0.25, 0.3) is 0 Å². The molecule has 1 N–H and O–H groups in total. The second-order valence-electron chi connectivity index (χ2n) is 7.49. The van der Waals surface area contributed by atoms with E-state index in [0.29, 0.717) is 23.7 Å². The van der Waals surface area contributed by atoms with E-state index >= 15 is 0 Å². The van der Waals surface area contributed by atoms with E-state index in [1.165, 1.54) is 21.6 Å². The molecule has 0 spiro atoms. The molecule has 0 aliphatic carbocycles. The van der Waals surface area contributed by atoms with Crippen molar-refractivity contribution in [1.29, 1.82) is 0 Å². The van der Waals surface area contributed by atoms with Crippen molar-refractivity contribution in [3.8, 4) is 0 Å². The van der Waals surface area contributed by atoms with Gasteiger partial charge >= 0.3 is 12.2 Å². The minimum atomic E-state index is -0.588. The molecular weight excluding hydrogens is 370 g/mol. The quantitative estimate of drug-likeness (QED) is 0.849. The summed E-state index contributed by atoms with van der Waals surface area (Å²) in [7, 11) is 1.61. The van der Waals surface area contributed by atoms with Gasteiger partial charge in [-0.2, -0.15) is 0 Å². The van der Waals surface area contributed by atoms with Crippen LogP contribution in [-0.2, 0) is 14.3 Å². The lowest BCUT2D eigenvalue weighted by molar-refractivity contribution is -0.113. The minimum Gasteiger partial charge on any atom is -0.444 e. The standard InChI is InChI=1S/C18H23N3O5S/c1-18(2,3)26-16(23)20(4)8-12-9-21(17(24)25-12)11-5-6-14-13(7-11)19-15(22)10-27-14/h5-7,12H,8-10H2,1-4H3,(H,19,22)/t12-/m1/s1. The summed E-state index contributed by atoms with van der Waals surface area (Å²) in [5.74, 6) is 0.322. The molecule has 1 saturated heterocycles. The highest BCUT2D eigenvalue weighted by atomic mass is 32.2. The Bertz CT molecular complexity index is 777. The van der Waals surface area contributed by atoms with E-state index < -0.39 is 23.9 Å². The normalized spacial score (nSPS) is 19.3. The number of cyclic esters (lactones) is 1. The Kier molecular flexibility index (Phi) is 5.23. The smallest absolute Gasteiger partial charge is 0.414 e. The Morgan fingerprint density at radius 2 is 2.15 bits per heavy atom. The summed E-state index contributed by atoms with van der Waals surface area (Å²) in [6.07, 6.45) is -1.41. The van der Waals surface area contributed by atoms with Crippen LogP contribution in [0.1, 0.15) is 20.8 Å². The molecule has 2 aliphatic heterocycles. The first-order chi connectivity index (χ1) is 12.6. The molecular formula is C18H23N3O5S. The number of fused-ring (bicyclic) bond motifs is 1. The summed E-state index contributed by atoms with van der Waals surface area (Å²) in [6.45, 7) is 5.93. The van der Waals surface area contributed by atoms with Crippen molar-refractivity contribution in [1.82, 2.24) is 4.90 Å². The number of likely N-dealkylation sites (N-methyl/N-ethyl adjacent to an activating group) is 1. The van der Waals surface area contributed by atoms with Gasteiger partial charge in [-0.3, -0.25) is 9.69 Å². The number of ether oxygens (including phenoxy) is 2. The predicted molar refractivity (Wildman–Crippen MR) is 102 cm³/mol. The third kappa shape index (κ3) is 4.65. The highest BCUT2D eigenvalue weighted by Gasteiger charge is 2.35. The van der Waals surface area contributed by atoms with Gasteiger partial charge in [-0.1, -0.05) is 0 Å². The summed E-state index contributed by atoms with van der Waals surface area (Å²) in [4.78, 5) is 39.8. The molecule has 3 rings (SSSR count). The van der Waals surface area contributed by atoms with Gasteiger partial charge in [0.1, 0.15) is 11.7 Å². The van der Waals surface area contributed by atoms with E-state index in [0.717, 1.165) is 4.90 Å². The Labute approximate surface area is 162 Å². The van der Waals surface area contributed by atoms with Gasteiger partial charge in [0.2, 0.25) is 5.91 Å². The summed E-state index contributed by atoms with van der Waals surface area (Å²) < 4.78 is 10.7. The molecule has 0 bridgehead atoms. The summed E-state index contributed by atoms with van der Waals surface area (Å²) >= 11 is 1.46. The molecule has 2 heterocycles. The molecule has 3 amide bonds. The lowest BCUT2D eigenvalue weighted by Crippen LogP contribution is -2.39. The van der Waals surface area contributed by atoms with Crippen molar-refractivity contribution >= 4 is 41.2 Å². The lowest BCUT2D eigenvalue weighted by Gasteiger charge is -2.25. The third-order valence-electron chi connectivity index (χ3n) is 3.96. The van der Waals surface area contributed by atoms with Crippen LogP contribution < -0.4 is 10.2 Å². The highest BCUT2D eigenvalue weighted by molar-refractivity contribution is 8.00. The number of hydrogen-bond acceptors (Lipinski definition) is 6. The second-order valence-corrected chi connectivity index (χ2v) is 8.51. The monoisotopic (exact) mass is 393 g/mol. The summed E-state index contributed by atoms with van der Waals surface area (Å²) in [5, 5.41) is 2.81. The first kappa shape index (κ1) is 19.3. The van der Waals surface area contributed by atoms with Gasteiger partial charge in [0.15, 0.2) is 0 Å². The lowest BCUT2D eigenvalue weighted by atomic mass is 10.2. The fraction of sp³-hybridized carbons (Fsp3) is 0.500.